The van der Waals surface area contributed by atoms with Crippen LogP contribution in [-0.2, 0) is 19.1 Å². The molecule has 5 nitrogen and oxygen atoms in total. The molecule has 0 saturated carbocycles. The van der Waals surface area contributed by atoms with E-state index in [-0.39, 0.29) is 11.9 Å². The van der Waals surface area contributed by atoms with Gasteiger partial charge in [-0.2, -0.15) is 0 Å². The van der Waals surface area contributed by atoms with Gasteiger partial charge in [0.15, 0.2) is 0 Å². The van der Waals surface area contributed by atoms with E-state index < -0.39 is 0 Å². The Morgan fingerprint density at radius 1 is 0.650 bits per heavy atom. The van der Waals surface area contributed by atoms with Gasteiger partial charge in [0.2, 0.25) is 0 Å². The monoisotopic (exact) mass is 556 g/mol. The number of benzene rings is 1. The van der Waals surface area contributed by atoms with Crippen molar-refractivity contribution in [2.24, 2.45) is 0 Å². The van der Waals surface area contributed by atoms with Crippen LogP contribution in [-0.4, -0.2) is 31.8 Å². The zero-order valence-electron chi connectivity index (χ0n) is 25.6. The first kappa shape index (κ1) is 35.5. The molecular weight excluding hydrogens is 500 g/mol. The van der Waals surface area contributed by atoms with Crippen LogP contribution in [0.1, 0.15) is 135 Å². The summed E-state index contributed by atoms with van der Waals surface area (Å²) in [5.74, 6) is 0.205. The summed E-state index contributed by atoms with van der Waals surface area (Å²) in [4.78, 5) is 23.3. The molecule has 1 aromatic rings. The maximum Gasteiger partial charge on any atom is 0.333 e. The largest absolute Gasteiger partial charge is 0.494 e. The molecule has 0 aromatic heterocycles. The van der Waals surface area contributed by atoms with E-state index in [1.54, 1.807) is 13.0 Å². The standard InChI is InChI=1S/C35H56O5/c1-4-5-6-7-8-9-10-11-12-13-14-15-16-20-29-39-34(36)27-24-32-22-25-33(26-23-32)38-28-19-17-18-21-30-40-35(37)31(2)3/h22-27H,2,4-21,28-30H2,1,3H3/b27-24-. The van der Waals surface area contributed by atoms with Crippen molar-refractivity contribution in [1.82, 2.24) is 0 Å². The predicted molar refractivity (Wildman–Crippen MR) is 166 cm³/mol. The molecule has 1 rings (SSSR count). The number of hydrogen-bond acceptors (Lipinski definition) is 5. The van der Waals surface area contributed by atoms with Crippen molar-refractivity contribution >= 4 is 18.0 Å². The lowest BCUT2D eigenvalue weighted by Gasteiger charge is -2.07. The minimum Gasteiger partial charge on any atom is -0.494 e. The molecule has 0 N–H and O–H groups in total. The van der Waals surface area contributed by atoms with E-state index in [0.29, 0.717) is 25.4 Å². The Labute approximate surface area is 244 Å². The number of hydrogen-bond donors (Lipinski definition) is 0. The van der Waals surface area contributed by atoms with Gasteiger partial charge >= 0.3 is 11.9 Å². The smallest absolute Gasteiger partial charge is 0.333 e. The first-order valence-corrected chi connectivity index (χ1v) is 15.9. The Morgan fingerprint density at radius 3 is 1.60 bits per heavy atom. The van der Waals surface area contributed by atoms with Gasteiger partial charge in [0.05, 0.1) is 19.8 Å². The second-order valence-corrected chi connectivity index (χ2v) is 10.8. The van der Waals surface area contributed by atoms with Gasteiger partial charge in [-0.05, 0) is 62.8 Å². The van der Waals surface area contributed by atoms with Crippen LogP contribution in [0.5, 0.6) is 5.75 Å². The lowest BCUT2D eigenvalue weighted by Crippen LogP contribution is -2.06. The van der Waals surface area contributed by atoms with Crippen molar-refractivity contribution in [2.75, 3.05) is 19.8 Å². The van der Waals surface area contributed by atoms with E-state index in [1.807, 2.05) is 24.3 Å². The number of rotatable bonds is 26. The zero-order chi connectivity index (χ0) is 29.1. The third-order valence-electron chi connectivity index (χ3n) is 6.92. The topological polar surface area (TPSA) is 61.8 Å². The zero-order valence-corrected chi connectivity index (χ0v) is 25.6. The fourth-order valence-electron chi connectivity index (χ4n) is 4.39. The van der Waals surface area contributed by atoms with E-state index in [0.717, 1.165) is 49.8 Å². The van der Waals surface area contributed by atoms with E-state index in [2.05, 4.69) is 13.5 Å². The van der Waals surface area contributed by atoms with E-state index in [1.165, 1.54) is 83.1 Å². The van der Waals surface area contributed by atoms with E-state index in [4.69, 9.17) is 14.2 Å². The maximum atomic E-state index is 12.0. The average Bonchev–Trinajstić information content (AvgIpc) is 2.95. The van der Waals surface area contributed by atoms with Gasteiger partial charge in [-0.15, -0.1) is 0 Å². The van der Waals surface area contributed by atoms with E-state index in [9.17, 15) is 9.59 Å². The van der Waals surface area contributed by atoms with Crippen LogP contribution in [0.15, 0.2) is 42.5 Å². The minimum absolute atomic E-state index is 0.288. The molecule has 0 heterocycles. The Hall–Kier alpha value is -2.56. The summed E-state index contributed by atoms with van der Waals surface area (Å²) in [6.07, 6.45) is 25.5. The highest BCUT2D eigenvalue weighted by Gasteiger charge is 2.02. The highest BCUT2D eigenvalue weighted by molar-refractivity contribution is 5.87. The van der Waals surface area contributed by atoms with Crippen molar-refractivity contribution in [3.8, 4) is 5.75 Å². The van der Waals surface area contributed by atoms with Crippen molar-refractivity contribution < 1.29 is 23.8 Å². The third-order valence-corrected chi connectivity index (χ3v) is 6.92. The number of carbonyl (C=O) groups is 2. The molecule has 0 unspecified atom stereocenters. The molecule has 5 heteroatoms. The maximum absolute atomic E-state index is 12.0. The Kier molecular flexibility index (Phi) is 22.5. The van der Waals surface area contributed by atoms with Gasteiger partial charge in [0, 0.05) is 11.6 Å². The van der Waals surface area contributed by atoms with Gasteiger partial charge in [-0.1, -0.05) is 109 Å². The minimum atomic E-state index is -0.321. The van der Waals surface area contributed by atoms with Crippen LogP contribution < -0.4 is 4.74 Å². The first-order chi connectivity index (χ1) is 19.5. The van der Waals surface area contributed by atoms with Crippen molar-refractivity contribution in [1.29, 1.82) is 0 Å². The summed E-state index contributed by atoms with van der Waals surface area (Å²) in [7, 11) is 0. The quantitative estimate of drug-likeness (QED) is 0.0645. The van der Waals surface area contributed by atoms with Gasteiger partial charge in [-0.3, -0.25) is 0 Å². The highest BCUT2D eigenvalue weighted by atomic mass is 16.5. The normalized spacial score (nSPS) is 11.1. The van der Waals surface area contributed by atoms with Gasteiger partial charge in [0.1, 0.15) is 5.75 Å². The molecule has 40 heavy (non-hydrogen) atoms. The fourth-order valence-corrected chi connectivity index (χ4v) is 4.39. The summed E-state index contributed by atoms with van der Waals surface area (Å²) in [6, 6.07) is 7.69. The average molecular weight is 557 g/mol. The Bertz CT molecular complexity index is 812. The van der Waals surface area contributed by atoms with Crippen LogP contribution in [0.2, 0.25) is 0 Å². The number of esters is 2. The molecule has 0 amide bonds. The molecule has 0 spiro atoms. The van der Waals surface area contributed by atoms with Crippen molar-refractivity contribution in [3.63, 3.8) is 0 Å². The molecule has 0 aliphatic carbocycles. The molecule has 0 radical (unpaired) electrons. The van der Waals surface area contributed by atoms with Gasteiger partial charge in [0.25, 0.3) is 0 Å². The number of unbranched alkanes of at least 4 members (excludes halogenated alkanes) is 16. The number of carbonyl (C=O) groups excluding carboxylic acids is 2. The third kappa shape index (κ3) is 21.3. The summed E-state index contributed by atoms with van der Waals surface area (Å²) >= 11 is 0. The van der Waals surface area contributed by atoms with Crippen molar-refractivity contribution in [2.45, 2.75) is 129 Å². The van der Waals surface area contributed by atoms with Crippen molar-refractivity contribution in [3.05, 3.63) is 48.1 Å². The van der Waals surface area contributed by atoms with Crippen LogP contribution in [0.3, 0.4) is 0 Å². The molecule has 0 bridgehead atoms. The van der Waals surface area contributed by atoms with E-state index >= 15 is 0 Å². The first-order valence-electron chi connectivity index (χ1n) is 15.9. The number of ether oxygens (including phenoxy) is 3. The molecule has 0 aliphatic heterocycles. The molecule has 0 atom stereocenters. The molecular formula is C35H56O5. The fraction of sp³-hybridized carbons (Fsp3) is 0.657. The highest BCUT2D eigenvalue weighted by Crippen LogP contribution is 2.15. The molecule has 0 saturated heterocycles. The predicted octanol–water partition coefficient (Wildman–Crippen LogP) is 9.78. The second-order valence-electron chi connectivity index (χ2n) is 10.8. The van der Waals surface area contributed by atoms with Crippen LogP contribution in [0.25, 0.3) is 6.08 Å². The lowest BCUT2D eigenvalue weighted by molar-refractivity contribution is -0.139. The summed E-state index contributed by atoms with van der Waals surface area (Å²) < 4.78 is 16.2. The molecule has 226 valence electrons. The van der Waals surface area contributed by atoms with Gasteiger partial charge < -0.3 is 14.2 Å². The molecule has 0 aliphatic rings. The second kappa shape index (κ2) is 25.4. The summed E-state index contributed by atoms with van der Waals surface area (Å²) in [5.41, 5.74) is 1.37. The van der Waals surface area contributed by atoms with Crippen LogP contribution >= 0.6 is 0 Å². The SMILES string of the molecule is C=C(C)C(=O)OCCCCCCOc1ccc(/C=C\C(=O)OCCCCCCCCCCCCCCCC)cc1. The molecule has 0 fully saturated rings. The van der Waals surface area contributed by atoms with Gasteiger partial charge in [-0.25, -0.2) is 9.59 Å². The summed E-state index contributed by atoms with van der Waals surface area (Å²) in [5, 5.41) is 0. The Morgan fingerprint density at radius 2 is 1.10 bits per heavy atom. The lowest BCUT2D eigenvalue weighted by atomic mass is 10.0. The summed E-state index contributed by atoms with van der Waals surface area (Å²) in [6.45, 7) is 9.07. The van der Waals surface area contributed by atoms with Crippen LogP contribution in [0.4, 0.5) is 0 Å². The Balaban J connectivity index is 1.97. The molecule has 1 aromatic carbocycles. The van der Waals surface area contributed by atoms with Crippen LogP contribution in [0, 0.1) is 0 Å².